The number of H-pyrrole nitrogens is 1. The molecule has 0 spiro atoms. The molecule has 0 aliphatic carbocycles. The predicted octanol–water partition coefficient (Wildman–Crippen LogP) is 0.203. The molecule has 2 aromatic rings. The normalized spacial score (nSPS) is 11.4. The summed E-state index contributed by atoms with van der Waals surface area (Å²) in [5.74, 6) is -0.435. The summed E-state index contributed by atoms with van der Waals surface area (Å²) in [6.07, 6.45) is 0.867. The third kappa shape index (κ3) is 2.85. The van der Waals surface area contributed by atoms with Crippen LogP contribution in [0.15, 0.2) is 23.0 Å². The van der Waals surface area contributed by atoms with Gasteiger partial charge in [0, 0.05) is 12.1 Å². The van der Waals surface area contributed by atoms with E-state index >= 15 is 0 Å². The maximum Gasteiger partial charge on any atom is 0.292 e. The van der Waals surface area contributed by atoms with Crippen molar-refractivity contribution in [2.24, 2.45) is 0 Å². The Bertz CT molecular complexity index is 826. The largest absolute Gasteiger partial charge is 0.317 e. The minimum absolute atomic E-state index is 0.111. The van der Waals surface area contributed by atoms with E-state index in [4.69, 9.17) is 0 Å². The number of anilines is 1. The second-order valence-electron chi connectivity index (χ2n) is 3.75. The van der Waals surface area contributed by atoms with Gasteiger partial charge in [0.2, 0.25) is 15.8 Å². The Morgan fingerprint density at radius 2 is 2.11 bits per heavy atom. The van der Waals surface area contributed by atoms with Crippen molar-refractivity contribution >= 4 is 32.6 Å². The van der Waals surface area contributed by atoms with Gasteiger partial charge in [-0.05, 0) is 6.07 Å². The Morgan fingerprint density at radius 1 is 1.42 bits per heavy atom. The van der Waals surface area contributed by atoms with Gasteiger partial charge in [0.15, 0.2) is 0 Å². The van der Waals surface area contributed by atoms with Gasteiger partial charge in [-0.2, -0.15) is 0 Å². The molecule has 1 heterocycles. The standard InChI is InChI=1S/C9H8N4O5S/c1-19(17,18)12-8-9(14)11-6-3-2-5(13(15)16)4-7(6)10-8/h2-4H,1H3,(H,10,12)(H,11,14). The summed E-state index contributed by atoms with van der Waals surface area (Å²) >= 11 is 0. The second kappa shape index (κ2) is 4.31. The Kier molecular flexibility index (Phi) is 2.94. The fraction of sp³-hybridized carbons (Fsp3) is 0.111. The highest BCUT2D eigenvalue weighted by Gasteiger charge is 2.12. The number of nitro groups is 1. The molecule has 9 nitrogen and oxygen atoms in total. The van der Waals surface area contributed by atoms with E-state index in [0.29, 0.717) is 0 Å². The van der Waals surface area contributed by atoms with Crippen LogP contribution in [0, 0.1) is 10.1 Å². The quantitative estimate of drug-likeness (QED) is 0.610. The first kappa shape index (κ1) is 13.0. The van der Waals surface area contributed by atoms with Gasteiger partial charge in [0.1, 0.15) is 0 Å². The molecule has 2 N–H and O–H groups in total. The molecule has 0 saturated carbocycles. The molecular formula is C9H8N4O5S. The van der Waals surface area contributed by atoms with Crippen molar-refractivity contribution in [3.63, 3.8) is 0 Å². The number of hydrogen-bond donors (Lipinski definition) is 2. The lowest BCUT2D eigenvalue weighted by molar-refractivity contribution is -0.384. The van der Waals surface area contributed by atoms with Gasteiger partial charge in [-0.15, -0.1) is 0 Å². The highest BCUT2D eigenvalue weighted by atomic mass is 32.2. The fourth-order valence-electron chi connectivity index (χ4n) is 1.43. The topological polar surface area (TPSA) is 135 Å². The van der Waals surface area contributed by atoms with Crippen molar-refractivity contribution in [2.75, 3.05) is 11.0 Å². The first-order valence-corrected chi connectivity index (χ1v) is 6.82. The smallest absolute Gasteiger partial charge is 0.292 e. The number of aromatic amines is 1. The van der Waals surface area contributed by atoms with E-state index in [0.717, 1.165) is 12.3 Å². The molecule has 0 radical (unpaired) electrons. The second-order valence-corrected chi connectivity index (χ2v) is 5.50. The van der Waals surface area contributed by atoms with Crippen LogP contribution in [0.2, 0.25) is 0 Å². The van der Waals surface area contributed by atoms with Crippen molar-refractivity contribution in [3.8, 4) is 0 Å². The summed E-state index contributed by atoms with van der Waals surface area (Å²) < 4.78 is 24.0. The number of fused-ring (bicyclic) bond motifs is 1. The molecule has 1 aromatic carbocycles. The number of hydrogen-bond acceptors (Lipinski definition) is 6. The number of non-ortho nitro benzene ring substituents is 1. The Labute approximate surface area is 106 Å². The van der Waals surface area contributed by atoms with E-state index in [1.54, 1.807) is 0 Å². The number of sulfonamides is 1. The van der Waals surface area contributed by atoms with E-state index in [2.05, 4.69) is 9.97 Å². The van der Waals surface area contributed by atoms with Gasteiger partial charge in [0.05, 0.1) is 22.2 Å². The van der Waals surface area contributed by atoms with Crippen LogP contribution < -0.4 is 10.3 Å². The van der Waals surface area contributed by atoms with E-state index in [9.17, 15) is 23.3 Å². The predicted molar refractivity (Wildman–Crippen MR) is 67.5 cm³/mol. The summed E-state index contributed by atoms with van der Waals surface area (Å²) in [7, 11) is -3.66. The summed E-state index contributed by atoms with van der Waals surface area (Å²) in [6, 6.07) is 3.68. The maximum absolute atomic E-state index is 11.6. The molecule has 0 saturated heterocycles. The molecule has 0 bridgehead atoms. The van der Waals surface area contributed by atoms with Crippen molar-refractivity contribution in [1.82, 2.24) is 9.97 Å². The highest BCUT2D eigenvalue weighted by molar-refractivity contribution is 7.92. The highest BCUT2D eigenvalue weighted by Crippen LogP contribution is 2.17. The zero-order valence-corrected chi connectivity index (χ0v) is 10.4. The average molecular weight is 284 g/mol. The summed E-state index contributed by atoms with van der Waals surface area (Å²) in [4.78, 5) is 27.7. The van der Waals surface area contributed by atoms with Crippen LogP contribution in [0.25, 0.3) is 11.0 Å². The van der Waals surface area contributed by atoms with Crippen LogP contribution >= 0.6 is 0 Å². The van der Waals surface area contributed by atoms with Crippen LogP contribution in [0.1, 0.15) is 0 Å². The third-order valence-electron chi connectivity index (χ3n) is 2.17. The lowest BCUT2D eigenvalue weighted by atomic mass is 10.2. The molecule has 2 rings (SSSR count). The van der Waals surface area contributed by atoms with E-state index in [-0.39, 0.29) is 16.7 Å². The minimum atomic E-state index is -3.66. The molecule has 0 aliphatic rings. The molecule has 1 aromatic heterocycles. The SMILES string of the molecule is CS(=O)(=O)Nc1nc2cc([N+](=O)[O-])ccc2[nH]c1=O. The zero-order chi connectivity index (χ0) is 14.2. The number of aromatic nitrogens is 2. The van der Waals surface area contributed by atoms with Crippen molar-refractivity contribution in [2.45, 2.75) is 0 Å². The van der Waals surface area contributed by atoms with Gasteiger partial charge in [-0.3, -0.25) is 19.6 Å². The van der Waals surface area contributed by atoms with Crippen LogP contribution in [-0.4, -0.2) is 29.6 Å². The van der Waals surface area contributed by atoms with Crippen LogP contribution in [0.5, 0.6) is 0 Å². The third-order valence-corrected chi connectivity index (χ3v) is 2.73. The molecule has 0 unspecified atom stereocenters. The first-order valence-electron chi connectivity index (χ1n) is 4.92. The molecule has 0 atom stereocenters. The molecule has 0 amide bonds. The Balaban J connectivity index is 2.65. The summed E-state index contributed by atoms with van der Waals surface area (Å²) in [6.45, 7) is 0. The maximum atomic E-state index is 11.6. The van der Waals surface area contributed by atoms with Crippen molar-refractivity contribution in [3.05, 3.63) is 38.7 Å². The fourth-order valence-corrected chi connectivity index (χ4v) is 1.92. The number of benzene rings is 1. The lowest BCUT2D eigenvalue weighted by Gasteiger charge is -2.03. The zero-order valence-electron chi connectivity index (χ0n) is 9.58. The molecular weight excluding hydrogens is 276 g/mol. The monoisotopic (exact) mass is 284 g/mol. The van der Waals surface area contributed by atoms with E-state index in [1.165, 1.54) is 12.1 Å². The van der Waals surface area contributed by atoms with Crippen LogP contribution in [0.4, 0.5) is 11.5 Å². The van der Waals surface area contributed by atoms with Gasteiger partial charge in [-0.25, -0.2) is 13.4 Å². The lowest BCUT2D eigenvalue weighted by Crippen LogP contribution is -2.20. The van der Waals surface area contributed by atoms with Crippen molar-refractivity contribution < 1.29 is 13.3 Å². The van der Waals surface area contributed by atoms with Gasteiger partial charge in [0.25, 0.3) is 11.2 Å². The number of nitro benzene ring substituents is 1. The van der Waals surface area contributed by atoms with E-state index in [1.807, 2.05) is 4.72 Å². The van der Waals surface area contributed by atoms with E-state index < -0.39 is 26.3 Å². The molecule has 10 heteroatoms. The minimum Gasteiger partial charge on any atom is -0.317 e. The summed E-state index contributed by atoms with van der Waals surface area (Å²) in [5.41, 5.74) is -0.557. The van der Waals surface area contributed by atoms with Crippen LogP contribution in [0.3, 0.4) is 0 Å². The Hall–Kier alpha value is -2.49. The molecule has 19 heavy (non-hydrogen) atoms. The first-order chi connectivity index (χ1) is 8.76. The number of rotatable bonds is 3. The van der Waals surface area contributed by atoms with Crippen LogP contribution in [-0.2, 0) is 10.0 Å². The number of nitrogens with zero attached hydrogens (tertiary/aromatic N) is 2. The number of nitrogens with one attached hydrogen (secondary N) is 2. The molecule has 0 aliphatic heterocycles. The summed E-state index contributed by atoms with van der Waals surface area (Å²) in [5, 5.41) is 10.6. The molecule has 100 valence electrons. The van der Waals surface area contributed by atoms with Gasteiger partial charge >= 0.3 is 0 Å². The van der Waals surface area contributed by atoms with Gasteiger partial charge in [-0.1, -0.05) is 0 Å². The van der Waals surface area contributed by atoms with Gasteiger partial charge < -0.3 is 4.98 Å². The average Bonchev–Trinajstić information content (AvgIpc) is 2.27. The van der Waals surface area contributed by atoms with Crippen molar-refractivity contribution in [1.29, 1.82) is 0 Å². The molecule has 0 fully saturated rings. The Morgan fingerprint density at radius 3 is 2.68 bits per heavy atom.